The number of fused-ring (bicyclic) bond motifs is 1. The molecule has 0 unspecified atom stereocenters. The summed E-state index contributed by atoms with van der Waals surface area (Å²) in [6, 6.07) is 4.57. The van der Waals surface area contributed by atoms with Crippen LogP contribution in [0.1, 0.15) is 16.7 Å². The molecule has 0 aliphatic rings. The Morgan fingerprint density at radius 2 is 2.05 bits per heavy atom. The third-order valence-electron chi connectivity index (χ3n) is 2.88. The molecular weight excluding hydrogens is 257 g/mol. The minimum absolute atomic E-state index is 0.299. The Morgan fingerprint density at radius 1 is 1.37 bits per heavy atom. The molecule has 0 aliphatic heterocycles. The molecule has 0 fully saturated rings. The van der Waals surface area contributed by atoms with Crippen molar-refractivity contribution in [3.05, 3.63) is 51.9 Å². The van der Waals surface area contributed by atoms with Crippen molar-refractivity contribution in [1.82, 2.24) is 0 Å². The molecule has 0 radical (unpaired) electrons. The first-order valence-electron chi connectivity index (χ1n) is 5.57. The maximum atomic E-state index is 12.3. The molecule has 0 aliphatic carbocycles. The molecular formula is C14H11F3O2. The van der Waals surface area contributed by atoms with Gasteiger partial charge in [-0.25, -0.2) is 4.79 Å². The van der Waals surface area contributed by atoms with E-state index in [-0.39, 0.29) is 5.56 Å². The minimum Gasteiger partial charge on any atom is -0.422 e. The van der Waals surface area contributed by atoms with Gasteiger partial charge in [-0.2, -0.15) is 13.2 Å². The fourth-order valence-electron chi connectivity index (χ4n) is 1.94. The van der Waals surface area contributed by atoms with Gasteiger partial charge in [0.05, 0.1) is 6.42 Å². The molecule has 1 aromatic carbocycles. The van der Waals surface area contributed by atoms with E-state index in [9.17, 15) is 18.0 Å². The van der Waals surface area contributed by atoms with Gasteiger partial charge in [0.2, 0.25) is 0 Å². The van der Waals surface area contributed by atoms with Gasteiger partial charge in [0.25, 0.3) is 0 Å². The zero-order chi connectivity index (χ0) is 14.2. The molecule has 1 aromatic heterocycles. The summed E-state index contributed by atoms with van der Waals surface area (Å²) in [5, 5.41) is 0.474. The third-order valence-corrected chi connectivity index (χ3v) is 2.88. The fourth-order valence-corrected chi connectivity index (χ4v) is 1.94. The zero-order valence-corrected chi connectivity index (χ0v) is 10.2. The Balaban J connectivity index is 2.65. The molecule has 5 heteroatoms. The second-order valence-electron chi connectivity index (χ2n) is 4.25. The topological polar surface area (TPSA) is 30.2 Å². The van der Waals surface area contributed by atoms with E-state index in [1.807, 2.05) is 0 Å². The first-order chi connectivity index (χ1) is 8.81. The molecule has 19 heavy (non-hydrogen) atoms. The van der Waals surface area contributed by atoms with Gasteiger partial charge in [-0.05, 0) is 24.1 Å². The van der Waals surface area contributed by atoms with Crippen molar-refractivity contribution < 1.29 is 17.6 Å². The van der Waals surface area contributed by atoms with E-state index in [0.29, 0.717) is 16.5 Å². The highest BCUT2D eigenvalue weighted by Crippen LogP contribution is 2.25. The Labute approximate surface area is 107 Å². The van der Waals surface area contributed by atoms with Crippen LogP contribution in [0.3, 0.4) is 0 Å². The largest absolute Gasteiger partial charge is 0.422 e. The molecule has 0 spiro atoms. The van der Waals surface area contributed by atoms with E-state index in [4.69, 9.17) is 4.42 Å². The van der Waals surface area contributed by atoms with E-state index >= 15 is 0 Å². The quantitative estimate of drug-likeness (QED) is 0.774. The number of benzene rings is 1. The van der Waals surface area contributed by atoms with Crippen molar-refractivity contribution in [2.75, 3.05) is 0 Å². The van der Waals surface area contributed by atoms with Crippen molar-refractivity contribution in [2.45, 2.75) is 19.5 Å². The molecule has 2 rings (SSSR count). The Kier molecular flexibility index (Phi) is 3.22. The van der Waals surface area contributed by atoms with Gasteiger partial charge < -0.3 is 4.42 Å². The summed E-state index contributed by atoms with van der Waals surface area (Å²) in [6.45, 7) is 5.35. The Bertz CT molecular complexity index is 696. The predicted octanol–water partition coefficient (Wildman–Crippen LogP) is 3.85. The molecule has 100 valence electrons. The van der Waals surface area contributed by atoms with E-state index in [2.05, 4.69) is 6.58 Å². The number of alkyl halides is 3. The van der Waals surface area contributed by atoms with Crippen molar-refractivity contribution in [2.24, 2.45) is 0 Å². The number of hydrogen-bond donors (Lipinski definition) is 0. The van der Waals surface area contributed by atoms with Crippen molar-refractivity contribution in [3.8, 4) is 0 Å². The van der Waals surface area contributed by atoms with Crippen molar-refractivity contribution >= 4 is 17.0 Å². The van der Waals surface area contributed by atoms with Crippen LogP contribution >= 0.6 is 0 Å². The maximum Gasteiger partial charge on any atom is 0.393 e. The van der Waals surface area contributed by atoms with Gasteiger partial charge in [0, 0.05) is 10.9 Å². The van der Waals surface area contributed by atoms with Crippen LogP contribution < -0.4 is 5.63 Å². The lowest BCUT2D eigenvalue weighted by molar-refractivity contribution is -0.127. The van der Waals surface area contributed by atoms with Crippen LogP contribution in [0.15, 0.2) is 34.0 Å². The fraction of sp³-hybridized carbons (Fsp3) is 0.214. The minimum atomic E-state index is -4.43. The van der Waals surface area contributed by atoms with Crippen LogP contribution in [0.2, 0.25) is 0 Å². The van der Waals surface area contributed by atoms with Crippen LogP contribution in [0.25, 0.3) is 17.0 Å². The van der Waals surface area contributed by atoms with Gasteiger partial charge >= 0.3 is 11.8 Å². The summed E-state index contributed by atoms with van der Waals surface area (Å²) in [6.07, 6.45) is -4.12. The second-order valence-corrected chi connectivity index (χ2v) is 4.25. The van der Waals surface area contributed by atoms with E-state index in [1.54, 1.807) is 25.1 Å². The van der Waals surface area contributed by atoms with Crippen molar-refractivity contribution in [3.63, 3.8) is 0 Å². The lowest BCUT2D eigenvalue weighted by Gasteiger charge is -2.08. The molecule has 2 aromatic rings. The van der Waals surface area contributed by atoms with E-state index in [1.165, 1.54) is 6.07 Å². The Morgan fingerprint density at radius 3 is 2.63 bits per heavy atom. The summed E-state index contributed by atoms with van der Waals surface area (Å²) in [7, 11) is 0. The molecule has 0 amide bonds. The van der Waals surface area contributed by atoms with Crippen LogP contribution in [-0.4, -0.2) is 6.18 Å². The van der Waals surface area contributed by atoms with Crippen LogP contribution in [0, 0.1) is 6.92 Å². The van der Waals surface area contributed by atoms with Crippen molar-refractivity contribution in [1.29, 1.82) is 0 Å². The van der Waals surface area contributed by atoms with Crippen LogP contribution in [0.5, 0.6) is 0 Å². The van der Waals surface area contributed by atoms with E-state index in [0.717, 1.165) is 5.56 Å². The number of aryl methyl sites for hydroxylation is 1. The van der Waals surface area contributed by atoms with Crippen LogP contribution in [0.4, 0.5) is 13.2 Å². The summed E-state index contributed by atoms with van der Waals surface area (Å²) in [4.78, 5) is 11.6. The summed E-state index contributed by atoms with van der Waals surface area (Å²) in [5.74, 6) is 0. The average Bonchev–Trinajstić information content (AvgIpc) is 2.30. The highest BCUT2D eigenvalue weighted by molar-refractivity contribution is 5.83. The van der Waals surface area contributed by atoms with Gasteiger partial charge in [-0.1, -0.05) is 24.8 Å². The molecule has 0 N–H and O–H groups in total. The SMILES string of the molecule is C=Cc1ccc2cc(CC(F)(F)F)c(=O)oc2c1C. The number of halogens is 3. The summed E-state index contributed by atoms with van der Waals surface area (Å²) < 4.78 is 42.0. The van der Waals surface area contributed by atoms with Gasteiger partial charge in [-0.15, -0.1) is 0 Å². The standard InChI is InChI=1S/C14H11F3O2/c1-3-9-4-5-10-6-11(7-14(15,16)17)13(18)19-12(10)8(9)2/h3-6H,1,7H2,2H3. The number of hydrogen-bond acceptors (Lipinski definition) is 2. The number of rotatable bonds is 2. The van der Waals surface area contributed by atoms with Gasteiger partial charge in [0.15, 0.2) is 0 Å². The summed E-state index contributed by atoms with van der Waals surface area (Å²) >= 11 is 0. The average molecular weight is 268 g/mol. The smallest absolute Gasteiger partial charge is 0.393 e. The molecule has 0 saturated carbocycles. The second kappa shape index (κ2) is 4.57. The lowest BCUT2D eigenvalue weighted by atomic mass is 10.0. The highest BCUT2D eigenvalue weighted by Gasteiger charge is 2.29. The normalized spacial score (nSPS) is 11.8. The predicted molar refractivity (Wildman–Crippen MR) is 67.1 cm³/mol. The van der Waals surface area contributed by atoms with E-state index < -0.39 is 18.2 Å². The maximum absolute atomic E-state index is 12.3. The first-order valence-corrected chi connectivity index (χ1v) is 5.57. The van der Waals surface area contributed by atoms with Gasteiger partial charge in [-0.3, -0.25) is 0 Å². The van der Waals surface area contributed by atoms with Crippen LogP contribution in [-0.2, 0) is 6.42 Å². The molecule has 0 bridgehead atoms. The molecule has 1 heterocycles. The summed E-state index contributed by atoms with van der Waals surface area (Å²) in [5.41, 5.74) is 0.426. The molecule has 0 saturated heterocycles. The zero-order valence-electron chi connectivity index (χ0n) is 10.2. The monoisotopic (exact) mass is 268 g/mol. The molecule has 2 nitrogen and oxygen atoms in total. The van der Waals surface area contributed by atoms with Gasteiger partial charge in [0.1, 0.15) is 5.58 Å². The first kappa shape index (κ1) is 13.4. The molecule has 0 atom stereocenters. The Hall–Kier alpha value is -2.04. The lowest BCUT2D eigenvalue weighted by Crippen LogP contribution is -2.18. The highest BCUT2D eigenvalue weighted by atomic mass is 19.4. The third kappa shape index (κ3) is 2.70.